The minimum atomic E-state index is -0.870. The Morgan fingerprint density at radius 2 is 1.37 bits per heavy atom. The Kier molecular flexibility index (Phi) is 21.1. The van der Waals surface area contributed by atoms with Crippen molar-refractivity contribution in [3.05, 3.63) is 83.1 Å². The van der Waals surface area contributed by atoms with Gasteiger partial charge >= 0.3 is 35.5 Å². The van der Waals surface area contributed by atoms with Gasteiger partial charge in [-0.2, -0.15) is 5.57 Å². The summed E-state index contributed by atoms with van der Waals surface area (Å²) in [6.07, 6.45) is 20.1. The molecule has 0 saturated carbocycles. The van der Waals surface area contributed by atoms with E-state index in [1.54, 1.807) is 38.2 Å². The molecule has 27 heavy (non-hydrogen) atoms. The van der Waals surface area contributed by atoms with E-state index in [-0.39, 0.29) is 35.0 Å². The molecule has 142 valence electrons. The standard InChI is InChI=1S/C21H24O4.Na.H2O/c1-17(11-7-13-19(3)15-22)9-5-6-10-18(2)12-8-14-20(4)21(24)25-16-23;;/h5-14H,16H2,1-4H3;;1H2/q-2;+1;/p+1/b6-5+,11-7+,12-8+,17-9+,18-10+,19-13+,20-14+;;. The van der Waals surface area contributed by atoms with E-state index in [0.29, 0.717) is 11.1 Å². The summed E-state index contributed by atoms with van der Waals surface area (Å²) in [6, 6.07) is 0. The molecule has 6 heteroatoms. The summed E-state index contributed by atoms with van der Waals surface area (Å²) < 4.78 is 4.35. The zero-order valence-corrected chi connectivity index (χ0v) is 18.7. The van der Waals surface area contributed by atoms with E-state index in [1.165, 1.54) is 0 Å². The zero-order valence-electron chi connectivity index (χ0n) is 16.7. The first-order valence-electron chi connectivity index (χ1n) is 7.76. The Balaban J connectivity index is -0.00000288. The Morgan fingerprint density at radius 3 is 1.81 bits per heavy atom. The Bertz CT molecular complexity index is 662. The molecule has 0 aliphatic rings. The van der Waals surface area contributed by atoms with Crippen molar-refractivity contribution in [2.45, 2.75) is 27.7 Å². The van der Waals surface area contributed by atoms with Crippen LogP contribution in [-0.2, 0) is 19.8 Å². The van der Waals surface area contributed by atoms with Crippen molar-refractivity contribution in [1.29, 1.82) is 0 Å². The molecular formula is C21H27NaO5. The van der Waals surface area contributed by atoms with Crippen molar-refractivity contribution < 1.29 is 54.5 Å². The maximum absolute atomic E-state index is 11.2. The molecule has 3 N–H and O–H groups in total. The van der Waals surface area contributed by atoms with Crippen LogP contribution in [0.1, 0.15) is 27.7 Å². The Morgan fingerprint density at radius 1 is 0.889 bits per heavy atom. The number of esters is 1. The van der Waals surface area contributed by atoms with Crippen LogP contribution in [0.25, 0.3) is 0 Å². The first-order valence-corrected chi connectivity index (χ1v) is 7.76. The quantitative estimate of drug-likeness (QED) is 0.102. The maximum Gasteiger partial charge on any atom is 1.00 e. The Labute approximate surface area is 183 Å². The molecule has 5 nitrogen and oxygen atoms in total. The van der Waals surface area contributed by atoms with E-state index in [1.807, 2.05) is 56.6 Å². The summed E-state index contributed by atoms with van der Waals surface area (Å²) in [7, 11) is 0. The number of ether oxygens (including phenoxy) is 1. The van der Waals surface area contributed by atoms with Crippen LogP contribution < -0.4 is 34.7 Å². The molecule has 0 aromatic heterocycles. The molecule has 0 atom stereocenters. The van der Waals surface area contributed by atoms with Crippen molar-refractivity contribution >= 4 is 12.3 Å². The van der Waals surface area contributed by atoms with Crippen LogP contribution >= 0.6 is 0 Å². The van der Waals surface area contributed by atoms with Gasteiger partial charge in [-0.15, -0.1) is 6.08 Å². The van der Waals surface area contributed by atoms with Crippen LogP contribution in [0, 0.1) is 0 Å². The predicted molar refractivity (Wildman–Crippen MR) is 104 cm³/mol. The van der Waals surface area contributed by atoms with Gasteiger partial charge in [0.15, 0.2) is 0 Å². The molecule has 0 aromatic carbocycles. The van der Waals surface area contributed by atoms with Gasteiger partial charge in [-0.05, 0) is 27.1 Å². The van der Waals surface area contributed by atoms with E-state index in [4.69, 9.17) is 0 Å². The fourth-order valence-corrected chi connectivity index (χ4v) is 1.48. The van der Waals surface area contributed by atoms with Crippen molar-refractivity contribution in [3.63, 3.8) is 0 Å². The van der Waals surface area contributed by atoms with Crippen LogP contribution in [0.4, 0.5) is 0 Å². The summed E-state index contributed by atoms with van der Waals surface area (Å²) in [4.78, 5) is 21.6. The van der Waals surface area contributed by atoms with Crippen molar-refractivity contribution in [3.8, 4) is 0 Å². The van der Waals surface area contributed by atoms with Crippen LogP contribution in [0.2, 0.25) is 0 Å². The largest absolute Gasteiger partial charge is 1.00 e. The minimum Gasteiger partial charge on any atom is -0.824 e. The smallest absolute Gasteiger partial charge is 0.824 e. The minimum absolute atomic E-state index is 0. The summed E-state index contributed by atoms with van der Waals surface area (Å²) in [5.74, 6) is -0.606. The molecule has 0 rings (SSSR count). The molecule has 0 spiro atoms. The number of hydrogen-bond donors (Lipinski definition) is 0. The summed E-state index contributed by atoms with van der Waals surface area (Å²) in [6.45, 7) is 6.30. The van der Waals surface area contributed by atoms with Gasteiger partial charge in [-0.1, -0.05) is 66.7 Å². The fraction of sp³-hybridized carbons (Fsp3) is 0.238. The molecule has 0 bridgehead atoms. The van der Waals surface area contributed by atoms with Crippen molar-refractivity contribution in [1.82, 2.24) is 0 Å². The predicted octanol–water partition coefficient (Wildman–Crippen LogP) is -0.507. The number of hydrogen-bond acceptors (Lipinski definition) is 4. The zero-order chi connectivity index (χ0) is 19.1. The molecular weight excluding hydrogens is 355 g/mol. The van der Waals surface area contributed by atoms with E-state index in [9.17, 15) is 14.7 Å². The van der Waals surface area contributed by atoms with Crippen molar-refractivity contribution in [2.24, 2.45) is 0 Å². The molecule has 0 aliphatic carbocycles. The van der Waals surface area contributed by atoms with Crippen molar-refractivity contribution in [2.75, 3.05) is 6.79 Å². The van der Waals surface area contributed by atoms with Gasteiger partial charge in [0.1, 0.15) is 0 Å². The van der Waals surface area contributed by atoms with Crippen LogP contribution in [0.15, 0.2) is 83.1 Å². The van der Waals surface area contributed by atoms with E-state index < -0.39 is 12.8 Å². The number of carbonyl (C=O) groups excluding carboxylic acids is 2. The summed E-state index contributed by atoms with van der Waals surface area (Å²) in [5.41, 5.74) is 2.97. The number of rotatable bonds is 9. The van der Waals surface area contributed by atoms with E-state index >= 15 is 0 Å². The van der Waals surface area contributed by atoms with Crippen LogP contribution in [-0.4, -0.2) is 19.0 Å². The molecule has 0 saturated heterocycles. The summed E-state index contributed by atoms with van der Waals surface area (Å²) in [5, 5.41) is 10.2. The average Bonchev–Trinajstić information content (AvgIpc) is 2.58. The molecule has 0 amide bonds. The summed E-state index contributed by atoms with van der Waals surface area (Å²) >= 11 is 0. The van der Waals surface area contributed by atoms with E-state index in [2.05, 4.69) is 4.74 Å². The monoisotopic (exact) mass is 382 g/mol. The van der Waals surface area contributed by atoms with E-state index in [0.717, 1.165) is 11.1 Å². The molecule has 0 unspecified atom stereocenters. The number of allylic oxidation sites excluding steroid dienone is 13. The third-order valence-electron chi connectivity index (χ3n) is 2.91. The number of carbonyl (C=O) groups is 1. The van der Waals surface area contributed by atoms with Crippen LogP contribution in [0.3, 0.4) is 0 Å². The third-order valence-corrected chi connectivity index (χ3v) is 2.91. The van der Waals surface area contributed by atoms with Crippen LogP contribution in [0.5, 0.6) is 0 Å². The normalized spacial score (nSPS) is 13.7. The molecule has 0 aromatic rings. The van der Waals surface area contributed by atoms with Gasteiger partial charge in [0.05, 0.1) is 0 Å². The molecule has 0 radical (unpaired) electrons. The molecule has 0 aliphatic heterocycles. The van der Waals surface area contributed by atoms with Gasteiger partial charge < -0.3 is 20.1 Å². The second kappa shape index (κ2) is 19.0. The first kappa shape index (κ1) is 30.0. The second-order valence-electron chi connectivity index (χ2n) is 5.28. The average molecular weight is 382 g/mol. The second-order valence-corrected chi connectivity index (χ2v) is 5.28. The van der Waals surface area contributed by atoms with Gasteiger partial charge in [0.2, 0.25) is 0 Å². The van der Waals surface area contributed by atoms with Gasteiger partial charge in [0, 0.05) is 12.4 Å². The van der Waals surface area contributed by atoms with Gasteiger partial charge in [-0.3, -0.25) is 0 Å². The SMILES string of the molecule is C\C([C-]=O)=C/C=C/C(C)=C/C=C/C=C(C)/C=C/C=C(\C)C(=O)OC[O-].[Na+].[OH3+]. The van der Waals surface area contributed by atoms with Gasteiger partial charge in [0.25, 0.3) is 0 Å². The fourth-order valence-electron chi connectivity index (χ4n) is 1.48. The molecule has 0 heterocycles. The Hall–Kier alpha value is -1.76. The first-order chi connectivity index (χ1) is 11.9. The maximum atomic E-state index is 11.2. The third kappa shape index (κ3) is 17.4. The van der Waals surface area contributed by atoms with Gasteiger partial charge in [-0.25, -0.2) is 10.9 Å². The topological polar surface area (TPSA) is 99.4 Å². The molecule has 0 fully saturated rings.